The molecule has 0 aromatic carbocycles. The molecule has 0 aliphatic carbocycles. The fraction of sp³-hybridized carbons (Fsp3) is 0.636. The van der Waals surface area contributed by atoms with Crippen LogP contribution in [-0.2, 0) is 0 Å². The number of aliphatic hydroxyl groups excluding tert-OH is 1. The molecule has 1 aromatic heterocycles. The average molecular weight is 276 g/mol. The van der Waals surface area contributed by atoms with Crippen LogP contribution in [0.25, 0.3) is 0 Å². The first-order valence-corrected chi connectivity index (χ1v) is 6.05. The summed E-state index contributed by atoms with van der Waals surface area (Å²) in [7, 11) is 0. The van der Waals surface area contributed by atoms with Gasteiger partial charge in [0.05, 0.1) is 12.1 Å². The van der Waals surface area contributed by atoms with Crippen LogP contribution >= 0.6 is 15.9 Å². The fourth-order valence-corrected chi connectivity index (χ4v) is 1.70. The van der Waals surface area contributed by atoms with Crippen LogP contribution in [0.4, 0.5) is 0 Å². The predicted octanol–water partition coefficient (Wildman–Crippen LogP) is 2.85. The van der Waals surface area contributed by atoms with Crippen LogP contribution in [0.5, 0.6) is 0 Å². The van der Waals surface area contributed by atoms with E-state index in [4.69, 9.17) is 9.52 Å². The maximum atomic E-state index is 9.09. The topological polar surface area (TPSA) is 45.4 Å². The lowest BCUT2D eigenvalue weighted by molar-refractivity contribution is 0.181. The van der Waals surface area contributed by atoms with Gasteiger partial charge in [0.1, 0.15) is 5.76 Å². The van der Waals surface area contributed by atoms with E-state index in [9.17, 15) is 0 Å². The highest BCUT2D eigenvalue weighted by atomic mass is 79.9. The largest absolute Gasteiger partial charge is 0.453 e. The third kappa shape index (κ3) is 4.82. The van der Waals surface area contributed by atoms with Crippen molar-refractivity contribution < 1.29 is 9.52 Å². The van der Waals surface area contributed by atoms with Crippen molar-refractivity contribution in [1.82, 2.24) is 5.32 Å². The first kappa shape index (κ1) is 12.7. The highest BCUT2D eigenvalue weighted by Gasteiger charge is 2.08. The summed E-state index contributed by atoms with van der Waals surface area (Å²) in [6, 6.07) is 4.06. The van der Waals surface area contributed by atoms with Crippen molar-refractivity contribution in [3.63, 3.8) is 0 Å². The molecule has 0 fully saturated rings. The molecular weight excluding hydrogens is 258 g/mol. The average Bonchev–Trinajstić information content (AvgIpc) is 2.59. The first-order chi connectivity index (χ1) is 7.09. The van der Waals surface area contributed by atoms with E-state index in [-0.39, 0.29) is 12.1 Å². The number of halogens is 1. The Kier molecular flexibility index (Phi) is 5.36. The van der Waals surface area contributed by atoms with E-state index in [0.29, 0.717) is 0 Å². The molecule has 15 heavy (non-hydrogen) atoms. The van der Waals surface area contributed by atoms with Crippen LogP contribution in [0.15, 0.2) is 21.2 Å². The van der Waals surface area contributed by atoms with Gasteiger partial charge in [-0.3, -0.25) is 0 Å². The van der Waals surface area contributed by atoms with Crippen LogP contribution in [0, 0.1) is 0 Å². The van der Waals surface area contributed by atoms with Crippen molar-refractivity contribution >= 4 is 15.9 Å². The van der Waals surface area contributed by atoms with Gasteiger partial charge in [-0.25, -0.2) is 0 Å². The van der Waals surface area contributed by atoms with Gasteiger partial charge in [0, 0.05) is 0 Å². The normalized spacial score (nSPS) is 15.2. The Labute approximate surface area is 99.0 Å². The zero-order valence-corrected chi connectivity index (χ0v) is 10.8. The summed E-state index contributed by atoms with van der Waals surface area (Å²) in [6.45, 7) is 4.77. The minimum atomic E-state index is -0.208. The predicted molar refractivity (Wildman–Crippen MR) is 63.7 cm³/mol. The van der Waals surface area contributed by atoms with Gasteiger partial charge in [0.25, 0.3) is 0 Å². The smallest absolute Gasteiger partial charge is 0.169 e. The maximum absolute atomic E-state index is 9.09. The Morgan fingerprint density at radius 3 is 2.73 bits per heavy atom. The molecule has 1 heterocycles. The molecular formula is C11H18BrNO2. The molecule has 0 amide bonds. The van der Waals surface area contributed by atoms with Crippen molar-refractivity contribution in [2.45, 2.75) is 38.8 Å². The zero-order valence-electron chi connectivity index (χ0n) is 9.16. The molecule has 0 bridgehead atoms. The Hall–Kier alpha value is -0.320. The molecule has 2 atom stereocenters. The lowest BCUT2D eigenvalue weighted by Gasteiger charge is -2.11. The molecule has 0 spiro atoms. The van der Waals surface area contributed by atoms with Crippen LogP contribution in [0.3, 0.4) is 0 Å². The maximum Gasteiger partial charge on any atom is 0.169 e. The summed E-state index contributed by atoms with van der Waals surface area (Å²) in [5.74, 6) is 0.930. The summed E-state index contributed by atoms with van der Waals surface area (Å²) < 4.78 is 6.19. The molecule has 1 rings (SSSR count). The quantitative estimate of drug-likeness (QED) is 0.785. The number of rotatable bonds is 6. The van der Waals surface area contributed by atoms with Gasteiger partial charge in [-0.15, -0.1) is 0 Å². The molecule has 0 saturated carbocycles. The van der Waals surface area contributed by atoms with E-state index in [0.717, 1.165) is 29.8 Å². The molecule has 0 aliphatic heterocycles. The molecule has 2 unspecified atom stereocenters. The van der Waals surface area contributed by atoms with Gasteiger partial charge in [-0.2, -0.15) is 0 Å². The molecule has 0 aliphatic rings. The van der Waals surface area contributed by atoms with Gasteiger partial charge in [0.2, 0.25) is 0 Å². The second kappa shape index (κ2) is 6.30. The first-order valence-electron chi connectivity index (χ1n) is 5.26. The molecule has 0 radical (unpaired) electrons. The minimum absolute atomic E-state index is 0.208. The van der Waals surface area contributed by atoms with Crippen LogP contribution in [0.2, 0.25) is 0 Å². The van der Waals surface area contributed by atoms with Gasteiger partial charge < -0.3 is 14.8 Å². The summed E-state index contributed by atoms with van der Waals surface area (Å²) in [5, 5.41) is 12.4. The summed E-state index contributed by atoms with van der Waals surface area (Å²) >= 11 is 3.27. The van der Waals surface area contributed by atoms with Gasteiger partial charge >= 0.3 is 0 Å². The molecule has 0 saturated heterocycles. The van der Waals surface area contributed by atoms with Crippen LogP contribution < -0.4 is 5.32 Å². The second-order valence-electron chi connectivity index (χ2n) is 3.81. The number of nitrogens with one attached hydrogen (secondary N) is 1. The lowest BCUT2D eigenvalue weighted by atomic mass is 10.2. The number of aliphatic hydroxyl groups is 1. The Balaban J connectivity index is 2.21. The highest BCUT2D eigenvalue weighted by molar-refractivity contribution is 9.10. The Morgan fingerprint density at radius 1 is 1.47 bits per heavy atom. The SMILES string of the molecule is CC(O)CCCNC(C)c1ccc(Br)o1. The summed E-state index contributed by atoms with van der Waals surface area (Å²) in [5.41, 5.74) is 0. The van der Waals surface area contributed by atoms with E-state index in [1.54, 1.807) is 0 Å². The number of furan rings is 1. The van der Waals surface area contributed by atoms with Gasteiger partial charge in [-0.05, 0) is 61.3 Å². The van der Waals surface area contributed by atoms with Gasteiger partial charge in [-0.1, -0.05) is 0 Å². The molecule has 1 aromatic rings. The summed E-state index contributed by atoms with van der Waals surface area (Å²) in [4.78, 5) is 0. The van der Waals surface area contributed by atoms with Crippen molar-refractivity contribution in [2.75, 3.05) is 6.54 Å². The molecule has 4 heteroatoms. The molecule has 2 N–H and O–H groups in total. The van der Waals surface area contributed by atoms with Gasteiger partial charge in [0.15, 0.2) is 4.67 Å². The third-order valence-corrected chi connectivity index (χ3v) is 2.70. The van der Waals surface area contributed by atoms with Crippen LogP contribution in [-0.4, -0.2) is 17.8 Å². The monoisotopic (exact) mass is 275 g/mol. The van der Waals surface area contributed by atoms with Crippen molar-refractivity contribution in [2.24, 2.45) is 0 Å². The number of hydrogen-bond donors (Lipinski definition) is 2. The van der Waals surface area contributed by atoms with E-state index in [1.165, 1.54) is 0 Å². The standard InChI is InChI=1S/C11H18BrNO2/c1-8(14)4-3-7-13-9(2)10-5-6-11(12)15-10/h5-6,8-9,13-14H,3-4,7H2,1-2H3. The van der Waals surface area contributed by atoms with Crippen molar-refractivity contribution in [3.8, 4) is 0 Å². The fourth-order valence-electron chi connectivity index (χ4n) is 1.38. The Bertz CT molecular complexity index is 286. The molecule has 3 nitrogen and oxygen atoms in total. The van der Waals surface area contributed by atoms with E-state index in [2.05, 4.69) is 28.2 Å². The zero-order chi connectivity index (χ0) is 11.3. The third-order valence-electron chi connectivity index (χ3n) is 2.27. The van der Waals surface area contributed by atoms with Crippen molar-refractivity contribution in [3.05, 3.63) is 22.6 Å². The molecule has 86 valence electrons. The van der Waals surface area contributed by atoms with Crippen LogP contribution in [0.1, 0.15) is 38.5 Å². The van der Waals surface area contributed by atoms with Crippen molar-refractivity contribution in [1.29, 1.82) is 0 Å². The second-order valence-corrected chi connectivity index (χ2v) is 4.59. The van der Waals surface area contributed by atoms with E-state index in [1.807, 2.05) is 19.1 Å². The van der Waals surface area contributed by atoms with E-state index < -0.39 is 0 Å². The van der Waals surface area contributed by atoms with E-state index >= 15 is 0 Å². The minimum Gasteiger partial charge on any atom is -0.453 e. The lowest BCUT2D eigenvalue weighted by Crippen LogP contribution is -2.20. The summed E-state index contributed by atoms with van der Waals surface area (Å²) in [6.07, 6.45) is 1.60. The number of hydrogen-bond acceptors (Lipinski definition) is 3. The highest BCUT2D eigenvalue weighted by Crippen LogP contribution is 2.19. The Morgan fingerprint density at radius 2 is 2.20 bits per heavy atom.